The maximum absolute atomic E-state index is 6.77. The summed E-state index contributed by atoms with van der Waals surface area (Å²) in [4.78, 5) is 0. The highest BCUT2D eigenvalue weighted by Crippen LogP contribution is 2.60. The molecule has 0 radical (unpaired) electrons. The molecule has 0 atom stereocenters. The molecule has 9 aromatic carbocycles. The van der Waals surface area contributed by atoms with Gasteiger partial charge in [-0.15, -0.1) is 0 Å². The fourth-order valence-corrected chi connectivity index (χ4v) is 7.85. The molecule has 44 heavy (non-hydrogen) atoms. The Bertz CT molecular complexity index is 2580. The Kier molecular flexibility index (Phi) is 4.10. The van der Waals surface area contributed by atoms with Crippen LogP contribution in [0.4, 0.5) is 0 Å². The Morgan fingerprint density at radius 3 is 1.11 bits per heavy atom. The van der Waals surface area contributed by atoms with Crippen LogP contribution in [0.5, 0.6) is 23.0 Å². The number of fused-ring (bicyclic) bond motifs is 13. The van der Waals surface area contributed by atoms with E-state index in [0.29, 0.717) is 0 Å². The van der Waals surface area contributed by atoms with Crippen molar-refractivity contribution in [3.63, 3.8) is 0 Å². The first-order valence-corrected chi connectivity index (χ1v) is 15.1. The highest BCUT2D eigenvalue weighted by atomic mass is 16.5. The summed E-state index contributed by atoms with van der Waals surface area (Å²) in [7, 11) is 0. The second-order valence-electron chi connectivity index (χ2n) is 12.0. The molecule has 0 amide bonds. The second-order valence-corrected chi connectivity index (χ2v) is 12.0. The summed E-state index contributed by atoms with van der Waals surface area (Å²) < 4.78 is 13.5. The molecule has 0 bridgehead atoms. The van der Waals surface area contributed by atoms with E-state index >= 15 is 0 Å². The van der Waals surface area contributed by atoms with Crippen molar-refractivity contribution >= 4 is 64.6 Å². The molecule has 2 heteroatoms. The minimum absolute atomic E-state index is 0.871. The fraction of sp³-hybridized carbons (Fsp3) is 0. The van der Waals surface area contributed by atoms with Crippen LogP contribution in [0.3, 0.4) is 0 Å². The van der Waals surface area contributed by atoms with Gasteiger partial charge in [-0.2, -0.15) is 0 Å². The normalized spacial score (nSPS) is 12.9. The van der Waals surface area contributed by atoms with E-state index in [1.165, 1.54) is 65.0 Å². The van der Waals surface area contributed by atoms with E-state index < -0.39 is 0 Å². The molecule has 0 spiro atoms. The molecule has 9 aromatic rings. The van der Waals surface area contributed by atoms with Gasteiger partial charge in [-0.1, -0.05) is 84.9 Å². The monoisotopic (exact) mass is 558 g/mol. The van der Waals surface area contributed by atoms with E-state index in [9.17, 15) is 0 Å². The molecule has 11 rings (SSSR count). The van der Waals surface area contributed by atoms with Gasteiger partial charge in [0.1, 0.15) is 23.0 Å². The number of ether oxygens (including phenoxy) is 2. The number of rotatable bonds is 0. The van der Waals surface area contributed by atoms with Gasteiger partial charge in [0.2, 0.25) is 0 Å². The summed E-state index contributed by atoms with van der Waals surface area (Å²) in [5.74, 6) is 3.53. The number of hydrogen-bond acceptors (Lipinski definition) is 2. The van der Waals surface area contributed by atoms with Crippen LogP contribution < -0.4 is 9.47 Å². The molecule has 0 N–H and O–H groups in total. The molecule has 0 unspecified atom stereocenters. The lowest BCUT2D eigenvalue weighted by Crippen LogP contribution is -2.04. The third kappa shape index (κ3) is 2.80. The van der Waals surface area contributed by atoms with Crippen LogP contribution >= 0.6 is 0 Å². The van der Waals surface area contributed by atoms with Gasteiger partial charge < -0.3 is 9.47 Å². The Balaban J connectivity index is 1.35. The molecule has 0 aliphatic carbocycles. The van der Waals surface area contributed by atoms with E-state index in [4.69, 9.17) is 9.47 Å². The molecule has 202 valence electrons. The molecular formula is C42H22O2. The van der Waals surface area contributed by atoms with E-state index in [1.807, 2.05) is 0 Å². The van der Waals surface area contributed by atoms with Crippen LogP contribution in [0.15, 0.2) is 133 Å². The second kappa shape index (κ2) is 7.94. The topological polar surface area (TPSA) is 18.5 Å². The first-order chi connectivity index (χ1) is 21.8. The molecule has 2 aliphatic heterocycles. The Morgan fingerprint density at radius 2 is 0.659 bits per heavy atom. The summed E-state index contributed by atoms with van der Waals surface area (Å²) in [5, 5.41) is 14.4. The summed E-state index contributed by atoms with van der Waals surface area (Å²) in [6.45, 7) is 0. The van der Waals surface area contributed by atoms with E-state index in [-0.39, 0.29) is 0 Å². The summed E-state index contributed by atoms with van der Waals surface area (Å²) in [6.07, 6.45) is 0. The van der Waals surface area contributed by atoms with Gasteiger partial charge in [0.15, 0.2) is 0 Å². The van der Waals surface area contributed by atoms with Crippen molar-refractivity contribution in [2.45, 2.75) is 0 Å². The summed E-state index contributed by atoms with van der Waals surface area (Å²) >= 11 is 0. The van der Waals surface area contributed by atoms with Crippen LogP contribution in [-0.2, 0) is 0 Å². The van der Waals surface area contributed by atoms with Gasteiger partial charge in [0, 0.05) is 33.0 Å². The van der Waals surface area contributed by atoms with Crippen molar-refractivity contribution < 1.29 is 9.47 Å². The van der Waals surface area contributed by atoms with Crippen molar-refractivity contribution in [2.24, 2.45) is 0 Å². The first kappa shape index (κ1) is 22.7. The largest absolute Gasteiger partial charge is 0.456 e. The molecule has 0 aromatic heterocycles. The number of hydrogen-bond donors (Lipinski definition) is 0. The average Bonchev–Trinajstić information content (AvgIpc) is 3.08. The van der Waals surface area contributed by atoms with Gasteiger partial charge in [-0.25, -0.2) is 0 Å². The van der Waals surface area contributed by atoms with Crippen molar-refractivity contribution in [2.75, 3.05) is 0 Å². The van der Waals surface area contributed by atoms with Crippen molar-refractivity contribution in [1.29, 1.82) is 0 Å². The van der Waals surface area contributed by atoms with Gasteiger partial charge in [0.05, 0.1) is 0 Å². The third-order valence-corrected chi connectivity index (χ3v) is 9.73. The highest BCUT2D eigenvalue weighted by Gasteiger charge is 2.32. The Morgan fingerprint density at radius 1 is 0.273 bits per heavy atom. The van der Waals surface area contributed by atoms with Crippen LogP contribution in [0.25, 0.3) is 86.9 Å². The Hall–Kier alpha value is -5.86. The predicted octanol–water partition coefficient (Wildman–Crippen LogP) is 12.2. The lowest BCUT2D eigenvalue weighted by Gasteiger charge is -2.30. The van der Waals surface area contributed by atoms with E-state index in [2.05, 4.69) is 133 Å². The van der Waals surface area contributed by atoms with Crippen LogP contribution in [0.2, 0.25) is 0 Å². The molecule has 0 fully saturated rings. The third-order valence-electron chi connectivity index (χ3n) is 9.73. The average molecular weight is 559 g/mol. The lowest BCUT2D eigenvalue weighted by molar-refractivity contribution is 0.476. The fourth-order valence-electron chi connectivity index (χ4n) is 7.85. The standard InChI is InChI=1S/C42H22O2/c1-3-9-25-21-31-27(19-23(25)7-1)13-15-33-37(31)39-29-11-5-6-12-30(29)40-38-32-22-26-10-4-2-8-24(26)20-28(32)14-16-34(38)44-36-18-17-35(43-33)41(39)42(36)40/h1-22H. The zero-order valence-electron chi connectivity index (χ0n) is 23.5. The number of benzene rings is 9. The van der Waals surface area contributed by atoms with Gasteiger partial charge in [0.25, 0.3) is 0 Å². The minimum atomic E-state index is 0.871. The van der Waals surface area contributed by atoms with Crippen molar-refractivity contribution in [3.05, 3.63) is 133 Å². The molecular weight excluding hydrogens is 536 g/mol. The quantitative estimate of drug-likeness (QED) is 0.172. The molecule has 2 nitrogen and oxygen atoms in total. The summed E-state index contributed by atoms with van der Waals surface area (Å²) in [6, 6.07) is 48.1. The lowest BCUT2D eigenvalue weighted by atomic mass is 9.80. The Labute approximate surface area is 252 Å². The SMILES string of the molecule is c1ccc2cc3c4c(ccc3cc2c1)Oc1ccc2c3c(c5ccccc5c-4c13)-c1c(ccc3cc4ccccc4cc13)O2. The highest BCUT2D eigenvalue weighted by molar-refractivity contribution is 6.30. The predicted molar refractivity (Wildman–Crippen MR) is 182 cm³/mol. The van der Waals surface area contributed by atoms with Gasteiger partial charge >= 0.3 is 0 Å². The molecule has 2 heterocycles. The maximum Gasteiger partial charge on any atom is 0.136 e. The minimum Gasteiger partial charge on any atom is -0.456 e. The van der Waals surface area contributed by atoms with Crippen molar-refractivity contribution in [1.82, 2.24) is 0 Å². The maximum atomic E-state index is 6.77. The van der Waals surface area contributed by atoms with Crippen molar-refractivity contribution in [3.8, 4) is 45.3 Å². The first-order valence-electron chi connectivity index (χ1n) is 15.1. The van der Waals surface area contributed by atoms with E-state index in [0.717, 1.165) is 44.9 Å². The van der Waals surface area contributed by atoms with Gasteiger partial charge in [-0.3, -0.25) is 0 Å². The smallest absolute Gasteiger partial charge is 0.136 e. The zero-order valence-corrected chi connectivity index (χ0v) is 23.5. The zero-order chi connectivity index (χ0) is 28.5. The molecule has 2 aliphatic rings. The van der Waals surface area contributed by atoms with E-state index in [1.54, 1.807) is 0 Å². The summed E-state index contributed by atoms with van der Waals surface area (Å²) in [5.41, 5.74) is 4.73. The molecule has 0 saturated heterocycles. The van der Waals surface area contributed by atoms with Crippen LogP contribution in [-0.4, -0.2) is 0 Å². The van der Waals surface area contributed by atoms with Crippen LogP contribution in [0, 0.1) is 0 Å². The van der Waals surface area contributed by atoms with Crippen LogP contribution in [0.1, 0.15) is 0 Å². The van der Waals surface area contributed by atoms with Gasteiger partial charge in [-0.05, 0) is 102 Å². The molecule has 0 saturated carbocycles.